The first kappa shape index (κ1) is 13.3. The van der Waals surface area contributed by atoms with Crippen molar-refractivity contribution in [3.05, 3.63) is 23.9 Å². The van der Waals surface area contributed by atoms with E-state index in [4.69, 9.17) is 0 Å². The van der Waals surface area contributed by atoms with E-state index in [9.17, 15) is 0 Å². The monoisotopic (exact) mass is 247 g/mol. The first-order valence-corrected chi connectivity index (χ1v) is 7.27. The van der Waals surface area contributed by atoms with Gasteiger partial charge in [0.1, 0.15) is 5.82 Å². The minimum Gasteiger partial charge on any atom is -0.354 e. The van der Waals surface area contributed by atoms with Gasteiger partial charge in [-0.05, 0) is 43.9 Å². The average Bonchev–Trinajstić information content (AvgIpc) is 2.88. The van der Waals surface area contributed by atoms with Crippen LogP contribution in [0.2, 0.25) is 0 Å². The summed E-state index contributed by atoms with van der Waals surface area (Å²) in [4.78, 5) is 7.09. The Labute approximate surface area is 111 Å². The molecule has 0 amide bonds. The van der Waals surface area contributed by atoms with Crippen molar-refractivity contribution < 1.29 is 0 Å². The summed E-state index contributed by atoms with van der Waals surface area (Å²) in [5, 5.41) is 3.41. The Morgan fingerprint density at radius 3 is 2.94 bits per heavy atom. The Balaban J connectivity index is 1.94. The highest BCUT2D eigenvalue weighted by atomic mass is 15.2. The molecule has 1 aliphatic rings. The Bertz CT molecular complexity index is 347. The fourth-order valence-corrected chi connectivity index (χ4v) is 2.66. The van der Waals surface area contributed by atoms with E-state index in [0.29, 0.717) is 6.04 Å². The van der Waals surface area contributed by atoms with Crippen molar-refractivity contribution >= 4 is 5.82 Å². The Kier molecular flexibility index (Phi) is 5.00. The molecule has 3 heteroatoms. The second-order valence-corrected chi connectivity index (χ2v) is 5.10. The molecule has 1 N–H and O–H groups in total. The van der Waals surface area contributed by atoms with E-state index in [1.807, 2.05) is 6.20 Å². The topological polar surface area (TPSA) is 28.2 Å². The van der Waals surface area contributed by atoms with Gasteiger partial charge in [-0.1, -0.05) is 19.9 Å². The van der Waals surface area contributed by atoms with Crippen molar-refractivity contribution in [2.75, 3.05) is 18.0 Å². The molecule has 0 aromatic carbocycles. The summed E-state index contributed by atoms with van der Waals surface area (Å²) < 4.78 is 0. The molecule has 1 unspecified atom stereocenters. The average molecular weight is 247 g/mol. The molecule has 0 saturated carbocycles. The minimum absolute atomic E-state index is 0.696. The number of hydrogen-bond donors (Lipinski definition) is 1. The molecule has 1 saturated heterocycles. The lowest BCUT2D eigenvalue weighted by atomic mass is 10.2. The van der Waals surface area contributed by atoms with Gasteiger partial charge in [0.15, 0.2) is 0 Å². The molecule has 18 heavy (non-hydrogen) atoms. The maximum Gasteiger partial charge on any atom is 0.128 e. The van der Waals surface area contributed by atoms with Crippen LogP contribution in [0.5, 0.6) is 0 Å². The third-order valence-corrected chi connectivity index (χ3v) is 3.71. The zero-order valence-corrected chi connectivity index (χ0v) is 11.7. The van der Waals surface area contributed by atoms with Crippen molar-refractivity contribution in [1.29, 1.82) is 0 Å². The Hall–Kier alpha value is -1.09. The molecule has 2 heterocycles. The highest BCUT2D eigenvalue weighted by Gasteiger charge is 2.23. The van der Waals surface area contributed by atoms with Crippen LogP contribution in [0.1, 0.15) is 45.1 Å². The molecule has 0 aliphatic carbocycles. The van der Waals surface area contributed by atoms with Crippen LogP contribution in [0.15, 0.2) is 18.3 Å². The summed E-state index contributed by atoms with van der Waals surface area (Å²) in [5.74, 6) is 1.15. The molecule has 0 bridgehead atoms. The number of pyridine rings is 1. The third kappa shape index (κ3) is 3.22. The number of nitrogens with one attached hydrogen (secondary N) is 1. The zero-order valence-electron chi connectivity index (χ0n) is 11.7. The van der Waals surface area contributed by atoms with E-state index >= 15 is 0 Å². The standard InChI is InChI=1S/C15H25N3/c1-3-9-16-11-13-7-8-15(17-12-13)18-10-5-6-14(18)4-2/h7-8,12,14,16H,3-6,9-11H2,1-2H3. The van der Waals surface area contributed by atoms with Crippen LogP contribution < -0.4 is 10.2 Å². The van der Waals surface area contributed by atoms with Crippen molar-refractivity contribution in [2.24, 2.45) is 0 Å². The number of anilines is 1. The zero-order chi connectivity index (χ0) is 12.8. The smallest absolute Gasteiger partial charge is 0.128 e. The van der Waals surface area contributed by atoms with Gasteiger partial charge in [0.25, 0.3) is 0 Å². The van der Waals surface area contributed by atoms with Crippen LogP contribution in [-0.2, 0) is 6.54 Å². The van der Waals surface area contributed by atoms with Gasteiger partial charge in [-0.2, -0.15) is 0 Å². The van der Waals surface area contributed by atoms with Crippen molar-refractivity contribution in [2.45, 2.75) is 52.1 Å². The van der Waals surface area contributed by atoms with E-state index in [-0.39, 0.29) is 0 Å². The number of aromatic nitrogens is 1. The second-order valence-electron chi connectivity index (χ2n) is 5.10. The van der Waals surface area contributed by atoms with Gasteiger partial charge in [0, 0.05) is 25.3 Å². The summed E-state index contributed by atoms with van der Waals surface area (Å²) in [7, 11) is 0. The first-order valence-electron chi connectivity index (χ1n) is 7.27. The first-order chi connectivity index (χ1) is 8.85. The summed E-state index contributed by atoms with van der Waals surface area (Å²) in [6, 6.07) is 5.08. The normalized spacial score (nSPS) is 19.4. The second kappa shape index (κ2) is 6.74. The van der Waals surface area contributed by atoms with E-state index in [0.717, 1.165) is 18.9 Å². The van der Waals surface area contributed by atoms with Crippen LogP contribution in [0.3, 0.4) is 0 Å². The van der Waals surface area contributed by atoms with Crippen LogP contribution >= 0.6 is 0 Å². The molecule has 100 valence electrons. The minimum atomic E-state index is 0.696. The largest absolute Gasteiger partial charge is 0.354 e. The fourth-order valence-electron chi connectivity index (χ4n) is 2.66. The van der Waals surface area contributed by atoms with E-state index in [1.54, 1.807) is 0 Å². The van der Waals surface area contributed by atoms with Crippen LogP contribution in [-0.4, -0.2) is 24.1 Å². The van der Waals surface area contributed by atoms with Gasteiger partial charge >= 0.3 is 0 Å². The number of hydrogen-bond acceptors (Lipinski definition) is 3. The van der Waals surface area contributed by atoms with E-state index < -0.39 is 0 Å². The maximum atomic E-state index is 4.62. The van der Waals surface area contributed by atoms with Crippen molar-refractivity contribution in [1.82, 2.24) is 10.3 Å². The lowest BCUT2D eigenvalue weighted by Gasteiger charge is -2.24. The summed E-state index contributed by atoms with van der Waals surface area (Å²) in [5.41, 5.74) is 1.28. The number of rotatable bonds is 6. The summed E-state index contributed by atoms with van der Waals surface area (Å²) >= 11 is 0. The van der Waals surface area contributed by atoms with E-state index in [2.05, 4.69) is 41.2 Å². The van der Waals surface area contributed by atoms with Gasteiger partial charge in [-0.15, -0.1) is 0 Å². The molecule has 0 spiro atoms. The van der Waals surface area contributed by atoms with Gasteiger partial charge < -0.3 is 10.2 Å². The molecule has 1 aliphatic heterocycles. The summed E-state index contributed by atoms with van der Waals surface area (Å²) in [6.45, 7) is 7.63. The molecule has 0 radical (unpaired) electrons. The SMILES string of the molecule is CCCNCc1ccc(N2CCCC2CC)nc1. The van der Waals surface area contributed by atoms with Crippen LogP contribution in [0, 0.1) is 0 Å². The number of nitrogens with zero attached hydrogens (tertiary/aromatic N) is 2. The Morgan fingerprint density at radius 2 is 2.28 bits per heavy atom. The lowest BCUT2D eigenvalue weighted by Crippen LogP contribution is -2.29. The van der Waals surface area contributed by atoms with E-state index in [1.165, 1.54) is 37.8 Å². The fraction of sp³-hybridized carbons (Fsp3) is 0.667. The molecular weight excluding hydrogens is 222 g/mol. The van der Waals surface area contributed by atoms with Crippen LogP contribution in [0.4, 0.5) is 5.82 Å². The highest BCUT2D eigenvalue weighted by Crippen LogP contribution is 2.25. The lowest BCUT2D eigenvalue weighted by molar-refractivity contribution is 0.639. The van der Waals surface area contributed by atoms with Crippen molar-refractivity contribution in [3.63, 3.8) is 0 Å². The predicted molar refractivity (Wildman–Crippen MR) is 76.9 cm³/mol. The maximum absolute atomic E-state index is 4.62. The summed E-state index contributed by atoms with van der Waals surface area (Å²) in [6.07, 6.45) is 7.04. The highest BCUT2D eigenvalue weighted by molar-refractivity contribution is 5.41. The molecule has 1 atom stereocenters. The van der Waals surface area contributed by atoms with Gasteiger partial charge in [0.05, 0.1) is 0 Å². The molecule has 3 nitrogen and oxygen atoms in total. The molecular formula is C15H25N3. The third-order valence-electron chi connectivity index (χ3n) is 3.71. The van der Waals surface area contributed by atoms with Gasteiger partial charge in [-0.25, -0.2) is 4.98 Å². The molecule has 2 rings (SSSR count). The van der Waals surface area contributed by atoms with Crippen molar-refractivity contribution in [3.8, 4) is 0 Å². The van der Waals surface area contributed by atoms with Gasteiger partial charge in [-0.3, -0.25) is 0 Å². The quantitative estimate of drug-likeness (QED) is 0.783. The van der Waals surface area contributed by atoms with Crippen LogP contribution in [0.25, 0.3) is 0 Å². The molecule has 1 aromatic heterocycles. The molecule has 1 fully saturated rings. The Morgan fingerprint density at radius 1 is 1.39 bits per heavy atom. The molecule has 1 aromatic rings. The predicted octanol–water partition coefficient (Wildman–Crippen LogP) is 2.96. The van der Waals surface area contributed by atoms with Gasteiger partial charge in [0.2, 0.25) is 0 Å².